The van der Waals surface area contributed by atoms with Crippen molar-refractivity contribution in [3.8, 4) is 5.75 Å². The number of nitrogens with one attached hydrogen (secondary N) is 1. The summed E-state index contributed by atoms with van der Waals surface area (Å²) in [6.45, 7) is 3.62. The lowest BCUT2D eigenvalue weighted by molar-refractivity contribution is -0.145. The van der Waals surface area contributed by atoms with E-state index >= 15 is 0 Å². The molecule has 2 aromatic rings. The van der Waals surface area contributed by atoms with E-state index in [0.29, 0.717) is 17.9 Å². The molecule has 5 heteroatoms. The number of carboxylic acids is 1. The van der Waals surface area contributed by atoms with E-state index in [0.717, 1.165) is 11.1 Å². The van der Waals surface area contributed by atoms with Crippen LogP contribution in [-0.4, -0.2) is 24.1 Å². The predicted octanol–water partition coefficient (Wildman–Crippen LogP) is 3.52. The highest BCUT2D eigenvalue weighted by Gasteiger charge is 2.30. The number of ether oxygens (including phenoxy) is 1. The molecule has 25 heavy (non-hydrogen) atoms. The number of rotatable bonds is 7. The maximum Gasteiger partial charge on any atom is 0.307 e. The van der Waals surface area contributed by atoms with Crippen molar-refractivity contribution in [2.24, 2.45) is 11.8 Å². The minimum absolute atomic E-state index is 0.312. The molecule has 0 bridgehead atoms. The van der Waals surface area contributed by atoms with Gasteiger partial charge in [-0.25, -0.2) is 0 Å². The van der Waals surface area contributed by atoms with E-state index in [4.69, 9.17) is 4.74 Å². The largest absolute Gasteiger partial charge is 0.497 e. The van der Waals surface area contributed by atoms with Crippen molar-refractivity contribution in [3.05, 3.63) is 59.7 Å². The number of carbonyl (C=O) groups excluding carboxylic acids is 1. The first-order chi connectivity index (χ1) is 11.9. The SMILES string of the molecule is COc1ccc(NC(=O)[C@@H](C)[C@@H](Cc2ccc(C)cc2)C(=O)O)cc1. The van der Waals surface area contributed by atoms with Crippen LogP contribution in [-0.2, 0) is 16.0 Å². The molecule has 0 heterocycles. The summed E-state index contributed by atoms with van der Waals surface area (Å²) in [7, 11) is 1.57. The molecule has 5 nitrogen and oxygen atoms in total. The number of hydrogen-bond donors (Lipinski definition) is 2. The Hall–Kier alpha value is -2.82. The highest BCUT2D eigenvalue weighted by atomic mass is 16.5. The van der Waals surface area contributed by atoms with Crippen LogP contribution in [0.2, 0.25) is 0 Å². The van der Waals surface area contributed by atoms with Crippen LogP contribution in [0.3, 0.4) is 0 Å². The highest BCUT2D eigenvalue weighted by molar-refractivity contribution is 5.94. The second-order valence-electron chi connectivity index (χ2n) is 6.14. The normalized spacial score (nSPS) is 12.9. The molecule has 132 valence electrons. The minimum Gasteiger partial charge on any atom is -0.497 e. The molecule has 0 spiro atoms. The van der Waals surface area contributed by atoms with Gasteiger partial charge in [0.25, 0.3) is 0 Å². The molecule has 2 aromatic carbocycles. The first kappa shape index (κ1) is 18.5. The summed E-state index contributed by atoms with van der Waals surface area (Å²) in [5.74, 6) is -2.06. The van der Waals surface area contributed by atoms with E-state index in [1.165, 1.54) is 0 Å². The molecule has 0 aliphatic rings. The number of anilines is 1. The molecule has 0 unspecified atom stereocenters. The van der Waals surface area contributed by atoms with Crippen molar-refractivity contribution in [1.29, 1.82) is 0 Å². The molecule has 2 N–H and O–H groups in total. The summed E-state index contributed by atoms with van der Waals surface area (Å²) in [6.07, 6.45) is 0.312. The monoisotopic (exact) mass is 341 g/mol. The van der Waals surface area contributed by atoms with E-state index < -0.39 is 17.8 Å². The molecule has 0 aromatic heterocycles. The average molecular weight is 341 g/mol. The lowest BCUT2D eigenvalue weighted by Crippen LogP contribution is -2.33. The molecule has 0 saturated carbocycles. The van der Waals surface area contributed by atoms with Crippen LogP contribution in [0, 0.1) is 18.8 Å². The first-order valence-corrected chi connectivity index (χ1v) is 8.14. The van der Waals surface area contributed by atoms with Crippen LogP contribution in [0.25, 0.3) is 0 Å². The Morgan fingerprint density at radius 2 is 1.68 bits per heavy atom. The number of aliphatic carboxylic acids is 1. The molecule has 0 radical (unpaired) electrons. The Labute approximate surface area is 147 Å². The molecular weight excluding hydrogens is 318 g/mol. The topological polar surface area (TPSA) is 75.6 Å². The molecule has 2 rings (SSSR count). The Balaban J connectivity index is 2.07. The van der Waals surface area contributed by atoms with Gasteiger partial charge in [-0.15, -0.1) is 0 Å². The van der Waals surface area contributed by atoms with Crippen LogP contribution in [0.5, 0.6) is 5.75 Å². The van der Waals surface area contributed by atoms with Gasteiger partial charge in [-0.1, -0.05) is 36.8 Å². The molecular formula is C20H23NO4. The number of methoxy groups -OCH3 is 1. The van der Waals surface area contributed by atoms with Crippen molar-refractivity contribution in [1.82, 2.24) is 0 Å². The Kier molecular flexibility index (Phi) is 6.17. The molecule has 0 saturated heterocycles. The summed E-state index contributed by atoms with van der Waals surface area (Å²) in [5.41, 5.74) is 2.63. The molecule has 2 atom stereocenters. The summed E-state index contributed by atoms with van der Waals surface area (Å²) < 4.78 is 5.08. The molecule has 0 aliphatic heterocycles. The van der Waals surface area contributed by atoms with Crippen LogP contribution >= 0.6 is 0 Å². The minimum atomic E-state index is -0.974. The second-order valence-corrected chi connectivity index (χ2v) is 6.14. The average Bonchev–Trinajstić information content (AvgIpc) is 2.61. The van der Waals surface area contributed by atoms with Crippen LogP contribution < -0.4 is 10.1 Å². The summed E-state index contributed by atoms with van der Waals surface area (Å²) >= 11 is 0. The van der Waals surface area contributed by atoms with Gasteiger partial charge in [0.05, 0.1) is 13.0 Å². The van der Waals surface area contributed by atoms with Gasteiger partial charge in [0, 0.05) is 11.6 Å². The molecule has 1 amide bonds. The maximum absolute atomic E-state index is 12.5. The predicted molar refractivity (Wildman–Crippen MR) is 96.8 cm³/mol. The van der Waals surface area contributed by atoms with Gasteiger partial charge in [0.15, 0.2) is 0 Å². The smallest absolute Gasteiger partial charge is 0.307 e. The van der Waals surface area contributed by atoms with Crippen LogP contribution in [0.15, 0.2) is 48.5 Å². The zero-order valence-electron chi connectivity index (χ0n) is 14.7. The molecule has 0 aliphatic carbocycles. The van der Waals surface area contributed by atoms with E-state index in [-0.39, 0.29) is 5.91 Å². The second kappa shape index (κ2) is 8.33. The van der Waals surface area contributed by atoms with Crippen LogP contribution in [0.1, 0.15) is 18.1 Å². The van der Waals surface area contributed by atoms with E-state index in [1.54, 1.807) is 38.3 Å². The number of aryl methyl sites for hydroxylation is 1. The Morgan fingerprint density at radius 3 is 2.20 bits per heavy atom. The third kappa shape index (κ3) is 5.08. The standard InChI is InChI=1S/C20H23NO4/c1-13-4-6-15(7-5-13)12-18(20(23)24)14(2)19(22)21-16-8-10-17(25-3)11-9-16/h4-11,14,18H,12H2,1-3H3,(H,21,22)(H,23,24)/t14-,18+/m0/s1. The van der Waals surface area contributed by atoms with Gasteiger partial charge in [-0.3, -0.25) is 9.59 Å². The third-order valence-electron chi connectivity index (χ3n) is 4.27. The van der Waals surface area contributed by atoms with Gasteiger partial charge in [-0.05, 0) is 43.2 Å². The van der Waals surface area contributed by atoms with Crippen molar-refractivity contribution in [3.63, 3.8) is 0 Å². The maximum atomic E-state index is 12.5. The Bertz CT molecular complexity index is 722. The number of carboxylic acid groups (broad SMARTS) is 1. The number of amides is 1. The number of benzene rings is 2. The lowest BCUT2D eigenvalue weighted by atomic mass is 9.87. The van der Waals surface area contributed by atoms with Gasteiger partial charge in [0.1, 0.15) is 5.75 Å². The van der Waals surface area contributed by atoms with Gasteiger partial charge in [0.2, 0.25) is 5.91 Å². The van der Waals surface area contributed by atoms with E-state index in [1.807, 2.05) is 31.2 Å². The fourth-order valence-corrected chi connectivity index (χ4v) is 2.57. The Morgan fingerprint density at radius 1 is 1.08 bits per heavy atom. The van der Waals surface area contributed by atoms with Crippen molar-refractivity contribution < 1.29 is 19.4 Å². The fraction of sp³-hybridized carbons (Fsp3) is 0.300. The summed E-state index contributed by atoms with van der Waals surface area (Å²) in [5, 5.41) is 12.3. The first-order valence-electron chi connectivity index (χ1n) is 8.14. The zero-order valence-corrected chi connectivity index (χ0v) is 14.7. The lowest BCUT2D eigenvalue weighted by Gasteiger charge is -2.20. The summed E-state index contributed by atoms with van der Waals surface area (Å²) in [4.78, 5) is 24.1. The zero-order chi connectivity index (χ0) is 18.4. The van der Waals surface area contributed by atoms with Gasteiger partial charge < -0.3 is 15.2 Å². The quantitative estimate of drug-likeness (QED) is 0.808. The van der Waals surface area contributed by atoms with Crippen molar-refractivity contribution in [2.75, 3.05) is 12.4 Å². The highest BCUT2D eigenvalue weighted by Crippen LogP contribution is 2.22. The van der Waals surface area contributed by atoms with Crippen molar-refractivity contribution in [2.45, 2.75) is 20.3 Å². The third-order valence-corrected chi connectivity index (χ3v) is 4.27. The number of carbonyl (C=O) groups is 2. The van der Waals surface area contributed by atoms with E-state index in [9.17, 15) is 14.7 Å². The van der Waals surface area contributed by atoms with Gasteiger partial charge >= 0.3 is 5.97 Å². The van der Waals surface area contributed by atoms with Crippen LogP contribution in [0.4, 0.5) is 5.69 Å². The molecule has 0 fully saturated rings. The van der Waals surface area contributed by atoms with Crippen molar-refractivity contribution >= 4 is 17.6 Å². The summed E-state index contributed by atoms with van der Waals surface area (Å²) in [6, 6.07) is 14.6. The van der Waals surface area contributed by atoms with Gasteiger partial charge in [-0.2, -0.15) is 0 Å². The van der Waals surface area contributed by atoms with E-state index in [2.05, 4.69) is 5.32 Å². The number of hydrogen-bond acceptors (Lipinski definition) is 3. The fourth-order valence-electron chi connectivity index (χ4n) is 2.57.